The highest BCUT2D eigenvalue weighted by molar-refractivity contribution is 6.07. The van der Waals surface area contributed by atoms with Crippen molar-refractivity contribution in [3.8, 4) is 11.1 Å². The minimum atomic E-state index is -4.38. The molecule has 26 heavy (non-hydrogen) atoms. The maximum absolute atomic E-state index is 12.7. The minimum Gasteiger partial charge on any atom is -0.465 e. The van der Waals surface area contributed by atoms with Crippen molar-refractivity contribution in [3.05, 3.63) is 53.6 Å². The highest BCUT2D eigenvalue weighted by atomic mass is 19.4. The molecule has 0 fully saturated rings. The Morgan fingerprint density at radius 1 is 1.15 bits per heavy atom. The van der Waals surface area contributed by atoms with Crippen LogP contribution in [0.25, 0.3) is 11.1 Å². The number of fused-ring (bicyclic) bond motifs is 1. The lowest BCUT2D eigenvalue weighted by Gasteiger charge is -2.24. The lowest BCUT2D eigenvalue weighted by molar-refractivity contribution is -0.151. The van der Waals surface area contributed by atoms with E-state index >= 15 is 0 Å². The molecule has 1 aliphatic rings. The van der Waals surface area contributed by atoms with Gasteiger partial charge < -0.3 is 10.1 Å². The standard InChI is InChI=1S/C19H16F3NO3/c1-2-26-18(25)15-10-13-9-12(5-8-16(13)23-17(15)24)11-3-6-14(7-4-11)19(20,21)22/h3-9,15H,2,10H2,1H3,(H,23,24). The third kappa shape index (κ3) is 3.56. The zero-order valence-electron chi connectivity index (χ0n) is 13.9. The van der Waals surface area contributed by atoms with Crippen LogP contribution in [-0.4, -0.2) is 18.5 Å². The molecule has 1 amide bonds. The Morgan fingerprint density at radius 3 is 2.42 bits per heavy atom. The summed E-state index contributed by atoms with van der Waals surface area (Å²) in [6, 6.07) is 10.0. The van der Waals surface area contributed by atoms with E-state index in [9.17, 15) is 22.8 Å². The number of carbonyl (C=O) groups excluding carboxylic acids is 2. The van der Waals surface area contributed by atoms with Gasteiger partial charge in [-0.15, -0.1) is 0 Å². The van der Waals surface area contributed by atoms with Gasteiger partial charge in [-0.05, 0) is 54.3 Å². The van der Waals surface area contributed by atoms with Gasteiger partial charge in [-0.2, -0.15) is 13.2 Å². The summed E-state index contributed by atoms with van der Waals surface area (Å²) in [6.45, 7) is 1.84. The Hall–Kier alpha value is -2.83. The zero-order chi connectivity index (χ0) is 18.9. The van der Waals surface area contributed by atoms with Crippen molar-refractivity contribution in [1.82, 2.24) is 0 Å². The second-order valence-electron chi connectivity index (χ2n) is 5.95. The molecule has 0 aromatic heterocycles. The second kappa shape index (κ2) is 6.82. The van der Waals surface area contributed by atoms with Gasteiger partial charge in [-0.1, -0.05) is 18.2 Å². The molecule has 1 unspecified atom stereocenters. The number of benzene rings is 2. The average Bonchev–Trinajstić information content (AvgIpc) is 2.60. The van der Waals surface area contributed by atoms with Crippen LogP contribution in [0.5, 0.6) is 0 Å². The number of ether oxygens (including phenoxy) is 1. The number of rotatable bonds is 3. The number of anilines is 1. The molecule has 7 heteroatoms. The van der Waals surface area contributed by atoms with Crippen LogP contribution in [0, 0.1) is 5.92 Å². The van der Waals surface area contributed by atoms with Crippen molar-refractivity contribution >= 4 is 17.6 Å². The first-order chi connectivity index (χ1) is 12.3. The van der Waals surface area contributed by atoms with Crippen molar-refractivity contribution in [2.24, 2.45) is 5.92 Å². The highest BCUT2D eigenvalue weighted by Gasteiger charge is 2.33. The topological polar surface area (TPSA) is 55.4 Å². The third-order valence-electron chi connectivity index (χ3n) is 4.22. The van der Waals surface area contributed by atoms with Crippen LogP contribution in [0.3, 0.4) is 0 Å². The molecule has 1 N–H and O–H groups in total. The van der Waals surface area contributed by atoms with Crippen molar-refractivity contribution < 1.29 is 27.5 Å². The van der Waals surface area contributed by atoms with E-state index in [0.29, 0.717) is 16.8 Å². The Kier molecular flexibility index (Phi) is 4.71. The van der Waals surface area contributed by atoms with E-state index in [2.05, 4.69) is 5.32 Å². The summed E-state index contributed by atoms with van der Waals surface area (Å²) >= 11 is 0. The van der Waals surface area contributed by atoms with Gasteiger partial charge in [0.2, 0.25) is 5.91 Å². The number of carbonyl (C=O) groups is 2. The van der Waals surface area contributed by atoms with Crippen LogP contribution in [-0.2, 0) is 26.9 Å². The van der Waals surface area contributed by atoms with E-state index in [1.807, 2.05) is 0 Å². The van der Waals surface area contributed by atoms with E-state index in [4.69, 9.17) is 4.74 Å². The molecule has 0 saturated heterocycles. The molecular weight excluding hydrogens is 347 g/mol. The Morgan fingerprint density at radius 2 is 1.81 bits per heavy atom. The van der Waals surface area contributed by atoms with Gasteiger partial charge >= 0.3 is 12.1 Å². The molecule has 0 spiro atoms. The zero-order valence-corrected chi connectivity index (χ0v) is 13.9. The summed E-state index contributed by atoms with van der Waals surface area (Å²) < 4.78 is 43.0. The number of esters is 1. The van der Waals surface area contributed by atoms with E-state index in [0.717, 1.165) is 17.7 Å². The van der Waals surface area contributed by atoms with E-state index in [1.165, 1.54) is 12.1 Å². The Bertz CT molecular complexity index is 844. The van der Waals surface area contributed by atoms with E-state index in [1.54, 1.807) is 25.1 Å². The first-order valence-electron chi connectivity index (χ1n) is 8.07. The van der Waals surface area contributed by atoms with Gasteiger partial charge in [-0.3, -0.25) is 9.59 Å². The Labute approximate surface area is 148 Å². The van der Waals surface area contributed by atoms with Crippen LogP contribution in [0.1, 0.15) is 18.1 Å². The second-order valence-corrected chi connectivity index (χ2v) is 5.95. The number of nitrogens with one attached hydrogen (secondary N) is 1. The molecular formula is C19H16F3NO3. The number of halogens is 3. The lowest BCUT2D eigenvalue weighted by Crippen LogP contribution is -2.36. The maximum atomic E-state index is 12.7. The largest absolute Gasteiger partial charge is 0.465 e. The number of amides is 1. The lowest BCUT2D eigenvalue weighted by atomic mass is 9.90. The number of hydrogen-bond acceptors (Lipinski definition) is 3. The molecule has 3 rings (SSSR count). The van der Waals surface area contributed by atoms with Crippen LogP contribution >= 0.6 is 0 Å². The Balaban J connectivity index is 1.88. The molecule has 1 heterocycles. The van der Waals surface area contributed by atoms with Gasteiger partial charge in [0, 0.05) is 5.69 Å². The van der Waals surface area contributed by atoms with Crippen molar-refractivity contribution in [2.45, 2.75) is 19.5 Å². The molecule has 136 valence electrons. The molecule has 0 aliphatic carbocycles. The predicted octanol–water partition coefficient (Wildman–Crippen LogP) is 4.05. The quantitative estimate of drug-likeness (QED) is 0.661. The van der Waals surface area contributed by atoms with Crippen molar-refractivity contribution in [2.75, 3.05) is 11.9 Å². The van der Waals surface area contributed by atoms with Gasteiger partial charge in [0.05, 0.1) is 12.2 Å². The molecule has 2 aromatic carbocycles. The number of hydrogen-bond donors (Lipinski definition) is 1. The van der Waals surface area contributed by atoms with Gasteiger partial charge in [0.25, 0.3) is 0 Å². The molecule has 0 saturated carbocycles. The molecule has 1 aliphatic heterocycles. The van der Waals surface area contributed by atoms with E-state index < -0.39 is 29.5 Å². The molecule has 4 nitrogen and oxygen atoms in total. The first kappa shape index (κ1) is 18.0. The summed E-state index contributed by atoms with van der Waals surface area (Å²) in [4.78, 5) is 24.0. The SMILES string of the molecule is CCOC(=O)C1Cc2cc(-c3ccc(C(F)(F)F)cc3)ccc2NC1=O. The van der Waals surface area contributed by atoms with Crippen LogP contribution in [0.15, 0.2) is 42.5 Å². The third-order valence-corrected chi connectivity index (χ3v) is 4.22. The molecule has 0 bridgehead atoms. The summed E-state index contributed by atoms with van der Waals surface area (Å²) in [6.07, 6.45) is -4.19. The predicted molar refractivity (Wildman–Crippen MR) is 89.3 cm³/mol. The summed E-state index contributed by atoms with van der Waals surface area (Å²) in [7, 11) is 0. The van der Waals surface area contributed by atoms with Gasteiger partial charge in [-0.25, -0.2) is 0 Å². The van der Waals surface area contributed by atoms with Gasteiger partial charge in [0.1, 0.15) is 5.92 Å². The average molecular weight is 363 g/mol. The fourth-order valence-corrected chi connectivity index (χ4v) is 2.88. The van der Waals surface area contributed by atoms with E-state index in [-0.39, 0.29) is 13.0 Å². The highest BCUT2D eigenvalue weighted by Crippen LogP contribution is 2.33. The van der Waals surface area contributed by atoms with Crippen LogP contribution in [0.2, 0.25) is 0 Å². The summed E-state index contributed by atoms with van der Waals surface area (Å²) in [5, 5.41) is 2.67. The molecule has 1 atom stereocenters. The normalized spacial score (nSPS) is 16.6. The number of alkyl halides is 3. The molecule has 0 radical (unpaired) electrons. The van der Waals surface area contributed by atoms with Crippen molar-refractivity contribution in [3.63, 3.8) is 0 Å². The first-order valence-corrected chi connectivity index (χ1v) is 8.07. The minimum absolute atomic E-state index is 0.182. The van der Waals surface area contributed by atoms with Crippen molar-refractivity contribution in [1.29, 1.82) is 0 Å². The fourth-order valence-electron chi connectivity index (χ4n) is 2.88. The monoisotopic (exact) mass is 363 g/mol. The van der Waals surface area contributed by atoms with Crippen LogP contribution in [0.4, 0.5) is 18.9 Å². The smallest absolute Gasteiger partial charge is 0.416 e. The maximum Gasteiger partial charge on any atom is 0.416 e. The van der Waals surface area contributed by atoms with Gasteiger partial charge in [0.15, 0.2) is 0 Å². The summed E-state index contributed by atoms with van der Waals surface area (Å²) in [5.41, 5.74) is 1.93. The van der Waals surface area contributed by atoms with Crippen LogP contribution < -0.4 is 5.32 Å². The fraction of sp³-hybridized carbons (Fsp3) is 0.263. The summed E-state index contributed by atoms with van der Waals surface area (Å²) in [5.74, 6) is -1.93. The molecule has 2 aromatic rings.